The first-order valence-electron chi connectivity index (χ1n) is 6.84. The first-order chi connectivity index (χ1) is 8.65. The second-order valence-electron chi connectivity index (χ2n) is 5.45. The molecule has 2 rings (SSSR count). The highest BCUT2D eigenvalue weighted by molar-refractivity contribution is 5.15. The molecule has 3 nitrogen and oxygen atoms in total. The monoisotopic (exact) mass is 248 g/mol. The summed E-state index contributed by atoms with van der Waals surface area (Å²) >= 11 is 0. The average molecular weight is 248 g/mol. The summed E-state index contributed by atoms with van der Waals surface area (Å²) in [6, 6.07) is 11.7. The maximum atomic E-state index is 9.30. The van der Waals surface area contributed by atoms with Crippen LogP contribution in [0.2, 0.25) is 0 Å². The number of rotatable bonds is 5. The highest BCUT2D eigenvalue weighted by atomic mass is 16.3. The number of likely N-dealkylation sites (tertiary alicyclic amines) is 1. The van der Waals surface area contributed by atoms with Gasteiger partial charge in [0.1, 0.15) is 0 Å². The molecule has 0 saturated carbocycles. The Bertz CT molecular complexity index is 353. The number of aliphatic hydroxyl groups excluding tert-OH is 1. The highest BCUT2D eigenvalue weighted by Gasteiger charge is 2.28. The van der Waals surface area contributed by atoms with Gasteiger partial charge >= 0.3 is 0 Å². The van der Waals surface area contributed by atoms with Crippen molar-refractivity contribution in [3.63, 3.8) is 0 Å². The third kappa shape index (κ3) is 3.80. The zero-order valence-corrected chi connectivity index (χ0v) is 11.3. The number of hydrogen-bond acceptors (Lipinski definition) is 3. The summed E-state index contributed by atoms with van der Waals surface area (Å²) in [5, 5.41) is 12.7. The maximum Gasteiger partial charge on any atom is 0.0636 e. The molecule has 1 aromatic carbocycles. The predicted octanol–water partition coefficient (Wildman–Crippen LogP) is 1.62. The molecule has 0 aromatic heterocycles. The van der Waals surface area contributed by atoms with Crippen molar-refractivity contribution in [1.82, 2.24) is 10.2 Å². The number of benzene rings is 1. The maximum absolute atomic E-state index is 9.30. The van der Waals surface area contributed by atoms with E-state index in [0.29, 0.717) is 18.6 Å². The van der Waals surface area contributed by atoms with Crippen LogP contribution < -0.4 is 5.32 Å². The second-order valence-corrected chi connectivity index (χ2v) is 5.45. The van der Waals surface area contributed by atoms with Crippen LogP contribution in [0.15, 0.2) is 30.3 Å². The summed E-state index contributed by atoms with van der Waals surface area (Å²) in [6.07, 6.45) is 0.906. The van der Waals surface area contributed by atoms with E-state index >= 15 is 0 Å². The van der Waals surface area contributed by atoms with Gasteiger partial charge in [-0.3, -0.25) is 4.90 Å². The van der Waals surface area contributed by atoms with Crippen LogP contribution in [0, 0.1) is 0 Å². The van der Waals surface area contributed by atoms with Gasteiger partial charge in [0, 0.05) is 31.7 Å². The van der Waals surface area contributed by atoms with E-state index in [4.69, 9.17) is 0 Å². The van der Waals surface area contributed by atoms with Crippen molar-refractivity contribution in [3.8, 4) is 0 Å². The molecule has 0 radical (unpaired) electrons. The fraction of sp³-hybridized carbons (Fsp3) is 0.600. The molecule has 18 heavy (non-hydrogen) atoms. The molecule has 1 heterocycles. The molecule has 1 aromatic rings. The van der Waals surface area contributed by atoms with E-state index in [1.165, 1.54) is 12.0 Å². The van der Waals surface area contributed by atoms with E-state index in [1.54, 1.807) is 0 Å². The fourth-order valence-electron chi connectivity index (χ4n) is 2.62. The van der Waals surface area contributed by atoms with Crippen molar-refractivity contribution >= 4 is 0 Å². The number of nitrogens with one attached hydrogen (secondary N) is 1. The number of aliphatic hydroxyl groups is 1. The molecule has 1 aliphatic heterocycles. The van der Waals surface area contributed by atoms with Crippen LogP contribution in [-0.2, 0) is 6.54 Å². The zero-order chi connectivity index (χ0) is 13.0. The molecule has 0 amide bonds. The van der Waals surface area contributed by atoms with E-state index in [-0.39, 0.29) is 6.10 Å². The first kappa shape index (κ1) is 13.5. The standard InChI is InChI=1S/C15H24N2O/c1-12-8-15(16-9-13(2)18)11-17(12)10-14-6-4-3-5-7-14/h3-7,12-13,15-16,18H,8-11H2,1-2H3. The lowest BCUT2D eigenvalue weighted by Gasteiger charge is -2.21. The van der Waals surface area contributed by atoms with E-state index in [2.05, 4.69) is 47.5 Å². The number of hydrogen-bond donors (Lipinski definition) is 2. The second kappa shape index (κ2) is 6.32. The summed E-state index contributed by atoms with van der Waals surface area (Å²) in [7, 11) is 0. The van der Waals surface area contributed by atoms with Crippen LogP contribution in [0.5, 0.6) is 0 Å². The Morgan fingerprint density at radius 3 is 2.78 bits per heavy atom. The van der Waals surface area contributed by atoms with Crippen molar-refractivity contribution in [1.29, 1.82) is 0 Å². The van der Waals surface area contributed by atoms with Gasteiger partial charge in [-0.25, -0.2) is 0 Å². The van der Waals surface area contributed by atoms with E-state index in [9.17, 15) is 5.11 Å². The van der Waals surface area contributed by atoms with Crippen molar-refractivity contribution < 1.29 is 5.11 Å². The largest absolute Gasteiger partial charge is 0.392 e. The smallest absolute Gasteiger partial charge is 0.0636 e. The molecule has 1 aliphatic rings. The Morgan fingerprint density at radius 2 is 2.11 bits per heavy atom. The van der Waals surface area contributed by atoms with Crippen LogP contribution >= 0.6 is 0 Å². The van der Waals surface area contributed by atoms with Gasteiger partial charge in [0.2, 0.25) is 0 Å². The molecule has 3 unspecified atom stereocenters. The predicted molar refractivity (Wildman–Crippen MR) is 74.4 cm³/mol. The van der Waals surface area contributed by atoms with Crippen molar-refractivity contribution in [2.45, 2.75) is 45.0 Å². The lowest BCUT2D eigenvalue weighted by molar-refractivity contribution is 0.185. The summed E-state index contributed by atoms with van der Waals surface area (Å²) < 4.78 is 0. The van der Waals surface area contributed by atoms with Crippen molar-refractivity contribution in [3.05, 3.63) is 35.9 Å². The van der Waals surface area contributed by atoms with Crippen LogP contribution in [0.25, 0.3) is 0 Å². The molecule has 100 valence electrons. The van der Waals surface area contributed by atoms with Gasteiger partial charge in [-0.2, -0.15) is 0 Å². The summed E-state index contributed by atoms with van der Waals surface area (Å²) in [5.41, 5.74) is 1.38. The Kier molecular flexibility index (Phi) is 4.75. The topological polar surface area (TPSA) is 35.5 Å². The van der Waals surface area contributed by atoms with Gasteiger partial charge in [-0.15, -0.1) is 0 Å². The molecule has 1 fully saturated rings. The highest BCUT2D eigenvalue weighted by Crippen LogP contribution is 2.20. The Balaban J connectivity index is 1.84. The quantitative estimate of drug-likeness (QED) is 0.831. The molecular formula is C15H24N2O. The van der Waals surface area contributed by atoms with Crippen molar-refractivity contribution in [2.24, 2.45) is 0 Å². The molecule has 2 N–H and O–H groups in total. The van der Waals surface area contributed by atoms with E-state index in [0.717, 1.165) is 13.1 Å². The third-order valence-corrected chi connectivity index (χ3v) is 3.63. The van der Waals surface area contributed by atoms with Gasteiger partial charge in [0.15, 0.2) is 0 Å². The SMILES string of the molecule is CC(O)CNC1CC(C)N(Cc2ccccc2)C1. The summed E-state index contributed by atoms with van der Waals surface area (Å²) in [5.74, 6) is 0. The van der Waals surface area contributed by atoms with E-state index < -0.39 is 0 Å². The summed E-state index contributed by atoms with van der Waals surface area (Å²) in [6.45, 7) is 6.90. The van der Waals surface area contributed by atoms with Crippen LogP contribution in [0.3, 0.4) is 0 Å². The first-order valence-corrected chi connectivity index (χ1v) is 6.84. The molecule has 0 bridgehead atoms. The Hall–Kier alpha value is -0.900. The van der Waals surface area contributed by atoms with Gasteiger partial charge in [0.05, 0.1) is 6.10 Å². The zero-order valence-electron chi connectivity index (χ0n) is 11.3. The molecule has 3 heteroatoms. The van der Waals surface area contributed by atoms with Gasteiger partial charge < -0.3 is 10.4 Å². The Morgan fingerprint density at radius 1 is 1.39 bits per heavy atom. The normalized spacial score (nSPS) is 26.4. The van der Waals surface area contributed by atoms with Crippen LogP contribution in [0.1, 0.15) is 25.8 Å². The van der Waals surface area contributed by atoms with E-state index in [1.807, 2.05) is 6.92 Å². The molecule has 1 saturated heterocycles. The fourth-order valence-corrected chi connectivity index (χ4v) is 2.62. The Labute approximate surface area is 110 Å². The minimum Gasteiger partial charge on any atom is -0.392 e. The molecule has 0 aliphatic carbocycles. The molecular weight excluding hydrogens is 224 g/mol. The number of nitrogens with zero attached hydrogens (tertiary/aromatic N) is 1. The average Bonchev–Trinajstić information content (AvgIpc) is 2.69. The molecule has 3 atom stereocenters. The summed E-state index contributed by atoms with van der Waals surface area (Å²) in [4.78, 5) is 2.51. The third-order valence-electron chi connectivity index (χ3n) is 3.63. The lowest BCUT2D eigenvalue weighted by atomic mass is 10.2. The van der Waals surface area contributed by atoms with Crippen molar-refractivity contribution in [2.75, 3.05) is 13.1 Å². The minimum atomic E-state index is -0.261. The lowest BCUT2D eigenvalue weighted by Crippen LogP contribution is -2.36. The van der Waals surface area contributed by atoms with Gasteiger partial charge in [-0.1, -0.05) is 30.3 Å². The van der Waals surface area contributed by atoms with Crippen LogP contribution in [0.4, 0.5) is 0 Å². The van der Waals surface area contributed by atoms with Crippen LogP contribution in [-0.4, -0.2) is 41.3 Å². The molecule has 0 spiro atoms. The van der Waals surface area contributed by atoms with Gasteiger partial charge in [-0.05, 0) is 25.8 Å². The van der Waals surface area contributed by atoms with Gasteiger partial charge in [0.25, 0.3) is 0 Å². The minimum absolute atomic E-state index is 0.261.